The number of hydrogen-bond donors (Lipinski definition) is 0. The highest BCUT2D eigenvalue weighted by Gasteiger charge is 2.37. The quantitative estimate of drug-likeness (QED) is 0.491. The summed E-state index contributed by atoms with van der Waals surface area (Å²) >= 11 is 3.56. The molecule has 2 atom stereocenters. The van der Waals surface area contributed by atoms with Crippen molar-refractivity contribution in [2.24, 2.45) is 10.9 Å². The Bertz CT molecular complexity index is 1040. The molecule has 29 heavy (non-hydrogen) atoms. The van der Waals surface area contributed by atoms with Crippen molar-refractivity contribution in [2.75, 3.05) is 0 Å². The lowest BCUT2D eigenvalue weighted by molar-refractivity contribution is 0.207. The Morgan fingerprint density at radius 3 is 2.62 bits per heavy atom. The summed E-state index contributed by atoms with van der Waals surface area (Å²) in [5.41, 5.74) is 7.63. The zero-order valence-corrected chi connectivity index (χ0v) is 18.2. The Kier molecular flexibility index (Phi) is 5.01. The summed E-state index contributed by atoms with van der Waals surface area (Å²) in [6, 6.07) is 19.0. The van der Waals surface area contributed by atoms with Gasteiger partial charge in [-0.05, 0) is 65.7 Å². The first kappa shape index (κ1) is 18.6. The van der Waals surface area contributed by atoms with E-state index in [4.69, 9.17) is 9.73 Å². The summed E-state index contributed by atoms with van der Waals surface area (Å²) in [7, 11) is 0. The van der Waals surface area contributed by atoms with Gasteiger partial charge < -0.3 is 4.74 Å². The monoisotopic (exact) mass is 445 g/mol. The van der Waals surface area contributed by atoms with E-state index < -0.39 is 0 Å². The summed E-state index contributed by atoms with van der Waals surface area (Å²) in [4.78, 5) is 5.11. The molecule has 0 spiro atoms. The molecule has 2 aromatic rings. The summed E-state index contributed by atoms with van der Waals surface area (Å²) in [5.74, 6) is 1.69. The van der Waals surface area contributed by atoms with Gasteiger partial charge in [0, 0.05) is 16.1 Å². The molecule has 5 rings (SSSR count). The van der Waals surface area contributed by atoms with Crippen LogP contribution < -0.4 is 0 Å². The molecular formula is C26H24BrNO. The number of halogens is 1. The number of aliphatic imine (C=N–C) groups is 1. The van der Waals surface area contributed by atoms with Gasteiger partial charge in [0.05, 0.1) is 0 Å². The number of hydrogen-bond acceptors (Lipinski definition) is 2. The van der Waals surface area contributed by atoms with Crippen molar-refractivity contribution < 1.29 is 4.74 Å². The average molecular weight is 446 g/mol. The van der Waals surface area contributed by atoms with Crippen LogP contribution in [0.3, 0.4) is 0 Å². The topological polar surface area (TPSA) is 21.6 Å². The van der Waals surface area contributed by atoms with Crippen LogP contribution >= 0.6 is 15.9 Å². The van der Waals surface area contributed by atoms with Gasteiger partial charge in [0.1, 0.15) is 18.1 Å². The molecule has 1 saturated carbocycles. The number of rotatable bonds is 4. The molecule has 2 nitrogen and oxygen atoms in total. The lowest BCUT2D eigenvalue weighted by Gasteiger charge is -2.27. The molecule has 146 valence electrons. The molecule has 0 amide bonds. The summed E-state index contributed by atoms with van der Waals surface area (Å²) in [5, 5.41) is 0. The van der Waals surface area contributed by atoms with E-state index in [2.05, 4.69) is 83.5 Å². The van der Waals surface area contributed by atoms with E-state index in [1.165, 1.54) is 40.8 Å². The smallest absolute Gasteiger partial charge is 0.145 e. The third-order valence-corrected chi connectivity index (χ3v) is 6.63. The molecule has 0 radical (unpaired) electrons. The van der Waals surface area contributed by atoms with Crippen molar-refractivity contribution in [3.05, 3.63) is 105 Å². The fourth-order valence-electron chi connectivity index (χ4n) is 4.66. The third-order valence-electron chi connectivity index (χ3n) is 6.10. The van der Waals surface area contributed by atoms with E-state index in [9.17, 15) is 0 Å². The SMILES string of the molecule is CC1CCCC2=NC3=C(OCc4ccccc4)C=CC(c4ccc(Br)cc4)C3=C21. The van der Waals surface area contributed by atoms with Crippen LogP contribution in [-0.2, 0) is 11.3 Å². The number of nitrogens with zero attached hydrogens (tertiary/aromatic N) is 1. The van der Waals surface area contributed by atoms with Gasteiger partial charge in [0.2, 0.25) is 0 Å². The number of ether oxygens (including phenoxy) is 1. The van der Waals surface area contributed by atoms with Gasteiger partial charge in [-0.3, -0.25) is 0 Å². The fourth-order valence-corrected chi connectivity index (χ4v) is 4.92. The molecule has 2 unspecified atom stereocenters. The molecule has 1 fully saturated rings. The fraction of sp³-hybridized carbons (Fsp3) is 0.269. The van der Waals surface area contributed by atoms with Crippen LogP contribution in [0.5, 0.6) is 0 Å². The molecule has 0 aromatic heterocycles. The van der Waals surface area contributed by atoms with Crippen molar-refractivity contribution in [1.82, 2.24) is 0 Å². The minimum absolute atomic E-state index is 0.235. The largest absolute Gasteiger partial charge is 0.487 e. The second-order valence-electron chi connectivity index (χ2n) is 8.05. The lowest BCUT2D eigenvalue weighted by atomic mass is 9.76. The highest BCUT2D eigenvalue weighted by molar-refractivity contribution is 9.10. The summed E-state index contributed by atoms with van der Waals surface area (Å²) < 4.78 is 7.38. The molecule has 1 heterocycles. The van der Waals surface area contributed by atoms with Crippen LogP contribution in [0, 0.1) is 5.92 Å². The third kappa shape index (κ3) is 3.53. The van der Waals surface area contributed by atoms with E-state index >= 15 is 0 Å². The van der Waals surface area contributed by atoms with E-state index in [1.807, 2.05) is 6.07 Å². The molecule has 1 aliphatic heterocycles. The van der Waals surface area contributed by atoms with Crippen LogP contribution in [0.25, 0.3) is 0 Å². The van der Waals surface area contributed by atoms with Crippen LogP contribution in [0.15, 0.2) is 98.8 Å². The van der Waals surface area contributed by atoms with Gasteiger partial charge in [-0.15, -0.1) is 0 Å². The van der Waals surface area contributed by atoms with E-state index in [0.717, 1.165) is 22.3 Å². The lowest BCUT2D eigenvalue weighted by Crippen LogP contribution is -2.18. The minimum Gasteiger partial charge on any atom is -0.487 e. The van der Waals surface area contributed by atoms with Crippen LogP contribution in [0.4, 0.5) is 0 Å². The van der Waals surface area contributed by atoms with Gasteiger partial charge in [-0.25, -0.2) is 4.99 Å². The van der Waals surface area contributed by atoms with E-state index in [1.54, 1.807) is 0 Å². The van der Waals surface area contributed by atoms with Crippen LogP contribution in [-0.4, -0.2) is 5.71 Å². The predicted octanol–water partition coefficient (Wildman–Crippen LogP) is 7.10. The number of allylic oxidation sites excluding steroid dienone is 4. The molecule has 3 aliphatic rings. The average Bonchev–Trinajstić information content (AvgIpc) is 3.15. The molecule has 0 bridgehead atoms. The maximum Gasteiger partial charge on any atom is 0.145 e. The first-order valence-corrected chi connectivity index (χ1v) is 11.2. The molecule has 2 aliphatic carbocycles. The van der Waals surface area contributed by atoms with Crippen molar-refractivity contribution >= 4 is 21.6 Å². The zero-order valence-electron chi connectivity index (χ0n) is 16.6. The van der Waals surface area contributed by atoms with Crippen LogP contribution in [0.1, 0.15) is 43.2 Å². The van der Waals surface area contributed by atoms with E-state index in [-0.39, 0.29) is 5.92 Å². The Balaban J connectivity index is 1.55. The highest BCUT2D eigenvalue weighted by Crippen LogP contribution is 2.48. The predicted molar refractivity (Wildman–Crippen MR) is 122 cm³/mol. The van der Waals surface area contributed by atoms with Gasteiger partial charge in [0.15, 0.2) is 0 Å². The highest BCUT2D eigenvalue weighted by atomic mass is 79.9. The Labute approximate surface area is 180 Å². The first-order valence-electron chi connectivity index (χ1n) is 10.4. The maximum absolute atomic E-state index is 6.27. The second-order valence-corrected chi connectivity index (χ2v) is 8.97. The minimum atomic E-state index is 0.235. The van der Waals surface area contributed by atoms with Crippen molar-refractivity contribution in [1.29, 1.82) is 0 Å². The van der Waals surface area contributed by atoms with Gasteiger partial charge >= 0.3 is 0 Å². The van der Waals surface area contributed by atoms with Gasteiger partial charge in [-0.1, -0.05) is 71.4 Å². The number of benzene rings is 2. The van der Waals surface area contributed by atoms with Crippen molar-refractivity contribution in [3.8, 4) is 0 Å². The Hall–Kier alpha value is -2.39. The van der Waals surface area contributed by atoms with Crippen molar-refractivity contribution in [2.45, 2.75) is 38.7 Å². The Morgan fingerprint density at radius 1 is 1.03 bits per heavy atom. The van der Waals surface area contributed by atoms with Crippen molar-refractivity contribution in [3.63, 3.8) is 0 Å². The molecule has 0 saturated heterocycles. The molecule has 2 aromatic carbocycles. The van der Waals surface area contributed by atoms with Gasteiger partial charge in [-0.2, -0.15) is 0 Å². The standard InChI is InChI=1S/C26H24BrNO/c1-17-6-5-9-22-24(17)25-21(19-10-12-20(27)13-11-19)14-15-23(26(25)28-22)29-16-18-7-3-2-4-8-18/h2-4,7-8,10-15,17,21H,5-6,9,16H2,1H3. The second kappa shape index (κ2) is 7.79. The zero-order chi connectivity index (χ0) is 19.8. The summed E-state index contributed by atoms with van der Waals surface area (Å²) in [6.45, 7) is 2.91. The molecule has 3 heteroatoms. The van der Waals surface area contributed by atoms with E-state index in [0.29, 0.717) is 12.5 Å². The van der Waals surface area contributed by atoms with Gasteiger partial charge in [0.25, 0.3) is 0 Å². The first-order chi connectivity index (χ1) is 14.2. The van der Waals surface area contributed by atoms with Crippen LogP contribution in [0.2, 0.25) is 0 Å². The maximum atomic E-state index is 6.27. The molecule has 0 N–H and O–H groups in total. The summed E-state index contributed by atoms with van der Waals surface area (Å²) in [6.07, 6.45) is 7.95. The normalized spacial score (nSPS) is 23.0. The molecular weight excluding hydrogens is 422 g/mol. The Morgan fingerprint density at radius 2 is 1.83 bits per heavy atom. The number of fused-ring (bicyclic) bond motifs is 2.